The molecule has 2 rings (SSSR count). The largest absolute Gasteiger partial charge is 0.335 e. The molecule has 0 amide bonds. The Kier molecular flexibility index (Phi) is 3.99. The van der Waals surface area contributed by atoms with Crippen LogP contribution in [0.3, 0.4) is 0 Å². The Morgan fingerprint density at radius 3 is 2.40 bits per heavy atom. The van der Waals surface area contributed by atoms with Gasteiger partial charge < -0.3 is 4.90 Å². The third-order valence-electron chi connectivity index (χ3n) is 2.95. The van der Waals surface area contributed by atoms with Crippen LogP contribution in [0.2, 0.25) is 0 Å². The van der Waals surface area contributed by atoms with Gasteiger partial charge in [-0.25, -0.2) is 13.2 Å². The molecule has 0 aliphatic carbocycles. The van der Waals surface area contributed by atoms with Gasteiger partial charge in [0.2, 0.25) is 0 Å². The van der Waals surface area contributed by atoms with Gasteiger partial charge in [0.25, 0.3) is 6.43 Å². The first kappa shape index (κ1) is 14.0. The van der Waals surface area contributed by atoms with Crippen LogP contribution in [0.1, 0.15) is 5.56 Å². The first-order chi connectivity index (χ1) is 9.52. The van der Waals surface area contributed by atoms with E-state index in [1.54, 1.807) is 12.2 Å². The maximum atomic E-state index is 12.9. The number of benzene rings is 1. The van der Waals surface area contributed by atoms with Crippen LogP contribution < -0.4 is 0 Å². The normalized spacial score (nSPS) is 14.9. The van der Waals surface area contributed by atoms with Crippen molar-refractivity contribution in [1.29, 1.82) is 0 Å². The monoisotopic (exact) mass is 275 g/mol. The Hall–Kier alpha value is -2.41. The van der Waals surface area contributed by atoms with Gasteiger partial charge in [-0.15, -0.1) is 6.42 Å². The van der Waals surface area contributed by atoms with E-state index in [0.29, 0.717) is 22.5 Å². The minimum Gasteiger partial charge on any atom is -0.335 e. The summed E-state index contributed by atoms with van der Waals surface area (Å²) in [5.74, 6) is 2.02. The van der Waals surface area contributed by atoms with Crippen LogP contribution >= 0.6 is 0 Å². The lowest BCUT2D eigenvalue weighted by Gasteiger charge is -2.31. The fourth-order valence-corrected chi connectivity index (χ4v) is 1.99. The highest BCUT2D eigenvalue weighted by Crippen LogP contribution is 2.31. The highest BCUT2D eigenvalue weighted by atomic mass is 19.3. The minimum atomic E-state index is -2.53. The van der Waals surface area contributed by atoms with Gasteiger partial charge in [-0.1, -0.05) is 12.5 Å². The first-order valence-electron chi connectivity index (χ1n) is 5.92. The van der Waals surface area contributed by atoms with Crippen molar-refractivity contribution in [2.45, 2.75) is 6.43 Å². The molecule has 4 heteroatoms. The lowest BCUT2D eigenvalue weighted by Crippen LogP contribution is -2.29. The van der Waals surface area contributed by atoms with E-state index in [0.717, 1.165) is 0 Å². The molecule has 0 N–H and O–H groups in total. The molecule has 0 radical (unpaired) electrons. The van der Waals surface area contributed by atoms with Gasteiger partial charge in [0.05, 0.1) is 6.54 Å². The topological polar surface area (TPSA) is 3.24 Å². The highest BCUT2D eigenvalue weighted by Gasteiger charge is 2.23. The summed E-state index contributed by atoms with van der Waals surface area (Å²) in [5, 5.41) is 0. The molecule has 0 atom stereocenters. The van der Waals surface area contributed by atoms with Crippen molar-refractivity contribution in [1.82, 2.24) is 4.90 Å². The van der Waals surface area contributed by atoms with Gasteiger partial charge in [0, 0.05) is 17.0 Å². The molecule has 0 spiro atoms. The first-order valence-corrected chi connectivity index (χ1v) is 5.92. The molecular formula is C16H12F3N. The molecule has 1 heterocycles. The van der Waals surface area contributed by atoms with Crippen molar-refractivity contribution in [2.75, 3.05) is 6.54 Å². The van der Waals surface area contributed by atoms with Crippen LogP contribution in [0.4, 0.5) is 13.2 Å². The number of alkyl halides is 2. The molecule has 1 aromatic carbocycles. The quantitative estimate of drug-likeness (QED) is 0.758. The number of hydrogen-bond donors (Lipinski definition) is 0. The Balaban J connectivity index is 2.44. The lowest BCUT2D eigenvalue weighted by molar-refractivity contribution is 0.123. The van der Waals surface area contributed by atoms with Crippen LogP contribution in [-0.2, 0) is 0 Å². The average Bonchev–Trinajstić information content (AvgIpc) is 2.42. The molecule has 1 aromatic rings. The summed E-state index contributed by atoms with van der Waals surface area (Å²) >= 11 is 0. The van der Waals surface area contributed by atoms with Gasteiger partial charge in [-0.3, -0.25) is 0 Å². The van der Waals surface area contributed by atoms with E-state index in [1.807, 2.05) is 0 Å². The van der Waals surface area contributed by atoms with E-state index in [-0.39, 0.29) is 5.82 Å². The standard InChI is InChI=1S/C16H12F3N/c1-3-12-6-9-15(13-4-7-14(17)8-5-13)20(11(12)2)10-16(18)19/h1,4-9,16H,2,10H2. The molecular weight excluding hydrogens is 263 g/mol. The van der Waals surface area contributed by atoms with Gasteiger partial charge in [-0.05, 0) is 42.0 Å². The second kappa shape index (κ2) is 5.70. The maximum absolute atomic E-state index is 12.9. The number of terminal acetylenes is 1. The smallest absolute Gasteiger partial charge is 0.256 e. The number of nitrogens with zero attached hydrogens (tertiary/aromatic N) is 1. The molecule has 102 valence electrons. The zero-order valence-corrected chi connectivity index (χ0v) is 10.6. The summed E-state index contributed by atoms with van der Waals surface area (Å²) in [6, 6.07) is 5.61. The molecule has 0 bridgehead atoms. The van der Waals surface area contributed by atoms with Crippen LogP contribution in [-0.4, -0.2) is 17.9 Å². The van der Waals surface area contributed by atoms with Crippen LogP contribution in [0, 0.1) is 18.2 Å². The fourth-order valence-electron chi connectivity index (χ4n) is 1.99. The van der Waals surface area contributed by atoms with E-state index >= 15 is 0 Å². The summed E-state index contributed by atoms with van der Waals surface area (Å²) in [5.41, 5.74) is 1.95. The lowest BCUT2D eigenvalue weighted by atomic mass is 10.0. The predicted molar refractivity (Wildman–Crippen MR) is 73.1 cm³/mol. The summed E-state index contributed by atoms with van der Waals surface area (Å²) in [6.07, 6.45) is 6.06. The molecule has 20 heavy (non-hydrogen) atoms. The third kappa shape index (κ3) is 2.77. The molecule has 0 saturated heterocycles. The Morgan fingerprint density at radius 2 is 1.85 bits per heavy atom. The van der Waals surface area contributed by atoms with Crippen LogP contribution in [0.25, 0.3) is 5.70 Å². The van der Waals surface area contributed by atoms with Crippen LogP contribution in [0.5, 0.6) is 0 Å². The van der Waals surface area contributed by atoms with E-state index in [2.05, 4.69) is 12.5 Å². The van der Waals surface area contributed by atoms with Gasteiger partial charge in [0.15, 0.2) is 0 Å². The van der Waals surface area contributed by atoms with Gasteiger partial charge >= 0.3 is 0 Å². The molecule has 0 fully saturated rings. The molecule has 1 aliphatic rings. The molecule has 0 aromatic heterocycles. The molecule has 0 saturated carbocycles. The van der Waals surface area contributed by atoms with Crippen molar-refractivity contribution in [3.05, 3.63) is 65.6 Å². The van der Waals surface area contributed by atoms with Gasteiger partial charge in [-0.2, -0.15) is 0 Å². The van der Waals surface area contributed by atoms with E-state index in [4.69, 9.17) is 6.42 Å². The summed E-state index contributed by atoms with van der Waals surface area (Å²) in [7, 11) is 0. The van der Waals surface area contributed by atoms with Crippen LogP contribution in [0.15, 0.2) is 54.3 Å². The minimum absolute atomic E-state index is 0.342. The van der Waals surface area contributed by atoms with Crippen molar-refractivity contribution in [3.63, 3.8) is 0 Å². The third-order valence-corrected chi connectivity index (χ3v) is 2.95. The Bertz CT molecular complexity index is 618. The number of allylic oxidation sites excluding steroid dienone is 3. The van der Waals surface area contributed by atoms with Gasteiger partial charge in [0.1, 0.15) is 5.82 Å². The highest BCUT2D eigenvalue weighted by molar-refractivity contribution is 5.72. The molecule has 1 nitrogen and oxygen atoms in total. The second-order valence-corrected chi connectivity index (χ2v) is 4.23. The summed E-state index contributed by atoms with van der Waals surface area (Å²) < 4.78 is 38.4. The van der Waals surface area contributed by atoms with Crippen molar-refractivity contribution in [3.8, 4) is 12.3 Å². The fraction of sp³-hybridized carbons (Fsp3) is 0.125. The van der Waals surface area contributed by atoms with Crippen molar-refractivity contribution in [2.24, 2.45) is 0 Å². The summed E-state index contributed by atoms with van der Waals surface area (Å²) in [6.45, 7) is 3.25. The molecule has 0 unspecified atom stereocenters. The Labute approximate surface area is 115 Å². The second-order valence-electron chi connectivity index (χ2n) is 4.23. The SMILES string of the molecule is C#CC1=CC=C(c2ccc(F)cc2)N(CC(F)F)C1=C. The number of rotatable bonds is 3. The zero-order chi connectivity index (χ0) is 14.7. The maximum Gasteiger partial charge on any atom is 0.256 e. The average molecular weight is 275 g/mol. The van der Waals surface area contributed by atoms with E-state index in [9.17, 15) is 13.2 Å². The number of hydrogen-bond acceptors (Lipinski definition) is 1. The number of halogens is 3. The van der Waals surface area contributed by atoms with Crippen molar-refractivity contribution >= 4 is 5.70 Å². The Morgan fingerprint density at radius 1 is 1.20 bits per heavy atom. The van der Waals surface area contributed by atoms with Crippen molar-refractivity contribution < 1.29 is 13.2 Å². The zero-order valence-electron chi connectivity index (χ0n) is 10.6. The molecule has 1 aliphatic heterocycles. The summed E-state index contributed by atoms with van der Waals surface area (Å²) in [4.78, 5) is 1.35. The predicted octanol–water partition coefficient (Wildman–Crippen LogP) is 3.82. The van der Waals surface area contributed by atoms with E-state index < -0.39 is 13.0 Å². The van der Waals surface area contributed by atoms with E-state index in [1.165, 1.54) is 29.2 Å².